The van der Waals surface area contributed by atoms with E-state index in [-0.39, 0.29) is 0 Å². The summed E-state index contributed by atoms with van der Waals surface area (Å²) in [5.41, 5.74) is 7.87. The van der Waals surface area contributed by atoms with Crippen molar-refractivity contribution in [2.75, 3.05) is 6.54 Å². The minimum atomic E-state index is 0.741. The number of aromatic nitrogens is 1. The highest BCUT2D eigenvalue weighted by atomic mass is 32.1. The van der Waals surface area contributed by atoms with Crippen molar-refractivity contribution in [3.63, 3.8) is 0 Å². The summed E-state index contributed by atoms with van der Waals surface area (Å²) in [6.45, 7) is 3.16. The molecule has 0 aromatic carbocycles. The van der Waals surface area contributed by atoms with Crippen molar-refractivity contribution in [2.45, 2.75) is 45.4 Å². The maximum Gasteiger partial charge on any atom is 0.0794 e. The van der Waals surface area contributed by atoms with Crippen LogP contribution < -0.4 is 5.73 Å². The molecule has 17 heavy (non-hydrogen) atoms. The van der Waals surface area contributed by atoms with Crippen molar-refractivity contribution < 1.29 is 0 Å². The Labute approximate surface area is 109 Å². The Morgan fingerprint density at radius 2 is 2.29 bits per heavy atom. The molecule has 0 spiro atoms. The van der Waals surface area contributed by atoms with Gasteiger partial charge in [-0.25, -0.2) is 0 Å². The van der Waals surface area contributed by atoms with Crippen LogP contribution in [0, 0.1) is 17.8 Å². The van der Waals surface area contributed by atoms with Gasteiger partial charge in [0, 0.05) is 11.1 Å². The number of nitrogens with two attached hydrogens (primary N) is 1. The fraction of sp³-hybridized carbons (Fsp3) is 0.786. The second kappa shape index (κ2) is 6.50. The van der Waals surface area contributed by atoms with Crippen LogP contribution in [0.15, 0.2) is 11.7 Å². The fourth-order valence-electron chi connectivity index (χ4n) is 3.26. The maximum absolute atomic E-state index is 5.93. The predicted molar refractivity (Wildman–Crippen MR) is 74.1 cm³/mol. The van der Waals surface area contributed by atoms with Gasteiger partial charge in [-0.15, -0.1) is 11.3 Å². The van der Waals surface area contributed by atoms with Crippen molar-refractivity contribution >= 4 is 11.3 Å². The molecule has 1 fully saturated rings. The average molecular weight is 252 g/mol. The third kappa shape index (κ3) is 3.52. The number of thiazole rings is 1. The van der Waals surface area contributed by atoms with Gasteiger partial charge < -0.3 is 5.73 Å². The molecule has 1 aromatic heterocycles. The Morgan fingerprint density at radius 1 is 1.41 bits per heavy atom. The summed E-state index contributed by atoms with van der Waals surface area (Å²) in [5, 5.41) is 0. The van der Waals surface area contributed by atoms with Crippen LogP contribution in [-0.2, 0) is 6.42 Å². The van der Waals surface area contributed by atoms with Crippen LogP contribution in [0.3, 0.4) is 0 Å². The van der Waals surface area contributed by atoms with Gasteiger partial charge in [0.25, 0.3) is 0 Å². The van der Waals surface area contributed by atoms with Gasteiger partial charge in [-0.3, -0.25) is 4.98 Å². The first kappa shape index (κ1) is 13.0. The zero-order valence-corrected chi connectivity index (χ0v) is 11.6. The predicted octanol–water partition coefficient (Wildman–Crippen LogP) is 3.48. The van der Waals surface area contributed by atoms with Gasteiger partial charge >= 0.3 is 0 Å². The van der Waals surface area contributed by atoms with E-state index in [2.05, 4.69) is 11.9 Å². The van der Waals surface area contributed by atoms with E-state index in [0.717, 1.165) is 24.3 Å². The maximum atomic E-state index is 5.93. The molecule has 0 saturated heterocycles. The van der Waals surface area contributed by atoms with Gasteiger partial charge in [0.05, 0.1) is 5.51 Å². The van der Waals surface area contributed by atoms with E-state index < -0.39 is 0 Å². The molecule has 2 rings (SSSR count). The number of hydrogen-bond donors (Lipinski definition) is 1. The second-order valence-electron chi connectivity index (χ2n) is 5.40. The number of rotatable bonds is 5. The van der Waals surface area contributed by atoms with Gasteiger partial charge in [-0.1, -0.05) is 26.2 Å². The summed E-state index contributed by atoms with van der Waals surface area (Å²) in [6, 6.07) is 0. The molecule has 0 bridgehead atoms. The summed E-state index contributed by atoms with van der Waals surface area (Å²) >= 11 is 1.79. The normalized spacial score (nSPS) is 29.4. The van der Waals surface area contributed by atoms with E-state index in [1.807, 2.05) is 11.7 Å². The van der Waals surface area contributed by atoms with E-state index in [1.54, 1.807) is 11.3 Å². The molecular weight excluding hydrogens is 228 g/mol. The van der Waals surface area contributed by atoms with E-state index in [0.29, 0.717) is 0 Å². The molecule has 1 heterocycles. The first-order valence-corrected chi connectivity index (χ1v) is 7.78. The Balaban J connectivity index is 1.94. The smallest absolute Gasteiger partial charge is 0.0794 e. The van der Waals surface area contributed by atoms with E-state index in [4.69, 9.17) is 5.73 Å². The highest BCUT2D eigenvalue weighted by Crippen LogP contribution is 2.37. The number of hydrogen-bond acceptors (Lipinski definition) is 3. The molecule has 1 aromatic rings. The van der Waals surface area contributed by atoms with Crippen molar-refractivity contribution in [1.82, 2.24) is 4.98 Å². The van der Waals surface area contributed by atoms with Crippen LogP contribution in [0.25, 0.3) is 0 Å². The average Bonchev–Trinajstić information content (AvgIpc) is 2.83. The van der Waals surface area contributed by atoms with Crippen LogP contribution in [-0.4, -0.2) is 11.5 Å². The molecular formula is C14H24N2S. The van der Waals surface area contributed by atoms with E-state index in [1.165, 1.54) is 43.4 Å². The SMILES string of the molecule is CCCC1CCC(CN)C(Cc2cncs2)C1. The van der Waals surface area contributed by atoms with Crippen LogP contribution in [0.4, 0.5) is 0 Å². The monoisotopic (exact) mass is 252 g/mol. The summed E-state index contributed by atoms with van der Waals surface area (Å²) in [7, 11) is 0. The quantitative estimate of drug-likeness (QED) is 0.871. The standard InChI is InChI=1S/C14H24N2S/c1-2-3-11-4-5-12(8-15)13(6-11)7-14-9-16-10-17-14/h9-13H,2-8,15H2,1H3. The van der Waals surface area contributed by atoms with E-state index in [9.17, 15) is 0 Å². The summed E-state index contributed by atoms with van der Waals surface area (Å²) in [5.74, 6) is 2.48. The fourth-order valence-corrected chi connectivity index (χ4v) is 3.95. The van der Waals surface area contributed by atoms with Gasteiger partial charge in [0.15, 0.2) is 0 Å². The minimum absolute atomic E-state index is 0.741. The van der Waals surface area contributed by atoms with Gasteiger partial charge in [0.2, 0.25) is 0 Å². The largest absolute Gasteiger partial charge is 0.330 e. The molecule has 2 N–H and O–H groups in total. The van der Waals surface area contributed by atoms with Gasteiger partial charge in [-0.2, -0.15) is 0 Å². The Hall–Kier alpha value is -0.410. The molecule has 1 saturated carbocycles. The van der Waals surface area contributed by atoms with Gasteiger partial charge in [-0.05, 0) is 43.6 Å². The zero-order valence-electron chi connectivity index (χ0n) is 10.8. The topological polar surface area (TPSA) is 38.9 Å². The van der Waals surface area contributed by atoms with Crippen molar-refractivity contribution in [3.8, 4) is 0 Å². The molecule has 1 aliphatic rings. The summed E-state index contributed by atoms with van der Waals surface area (Å²) in [4.78, 5) is 5.62. The minimum Gasteiger partial charge on any atom is -0.330 e. The molecule has 0 radical (unpaired) electrons. The molecule has 0 amide bonds. The first-order chi connectivity index (χ1) is 8.33. The highest BCUT2D eigenvalue weighted by Gasteiger charge is 2.29. The zero-order chi connectivity index (χ0) is 12.1. The lowest BCUT2D eigenvalue weighted by atomic mass is 9.71. The third-order valence-corrected chi connectivity index (χ3v) is 5.00. The molecule has 96 valence electrons. The van der Waals surface area contributed by atoms with Crippen molar-refractivity contribution in [3.05, 3.63) is 16.6 Å². The van der Waals surface area contributed by atoms with E-state index >= 15 is 0 Å². The highest BCUT2D eigenvalue weighted by molar-refractivity contribution is 7.09. The van der Waals surface area contributed by atoms with Crippen molar-refractivity contribution in [2.24, 2.45) is 23.5 Å². The molecule has 3 unspecified atom stereocenters. The lowest BCUT2D eigenvalue weighted by Gasteiger charge is -2.35. The molecule has 3 heteroatoms. The van der Waals surface area contributed by atoms with Crippen molar-refractivity contribution in [1.29, 1.82) is 0 Å². The molecule has 1 aliphatic carbocycles. The van der Waals surface area contributed by atoms with Crippen LogP contribution in [0.1, 0.15) is 43.9 Å². The lowest BCUT2D eigenvalue weighted by molar-refractivity contribution is 0.176. The number of nitrogens with zero attached hydrogens (tertiary/aromatic N) is 1. The van der Waals surface area contributed by atoms with Crippen LogP contribution in [0.2, 0.25) is 0 Å². The lowest BCUT2D eigenvalue weighted by Crippen LogP contribution is -2.31. The second-order valence-corrected chi connectivity index (χ2v) is 6.37. The summed E-state index contributed by atoms with van der Waals surface area (Å²) in [6.07, 6.45) is 10.1. The summed E-state index contributed by atoms with van der Waals surface area (Å²) < 4.78 is 0. The Morgan fingerprint density at radius 3 is 2.94 bits per heavy atom. The molecule has 2 nitrogen and oxygen atoms in total. The first-order valence-electron chi connectivity index (χ1n) is 6.90. The molecule has 3 atom stereocenters. The Kier molecular flexibility index (Phi) is 4.99. The van der Waals surface area contributed by atoms with Crippen LogP contribution >= 0.6 is 11.3 Å². The third-order valence-electron chi connectivity index (χ3n) is 4.19. The Bertz CT molecular complexity index is 310. The van der Waals surface area contributed by atoms with Gasteiger partial charge in [0.1, 0.15) is 0 Å². The molecule has 0 aliphatic heterocycles. The van der Waals surface area contributed by atoms with Crippen LogP contribution in [0.5, 0.6) is 0 Å².